The predicted molar refractivity (Wildman–Crippen MR) is 94.2 cm³/mol. The Morgan fingerprint density at radius 1 is 1.36 bits per heavy atom. The van der Waals surface area contributed by atoms with Gasteiger partial charge in [0.05, 0.1) is 23.9 Å². The summed E-state index contributed by atoms with van der Waals surface area (Å²) >= 11 is 0. The molecule has 0 aromatic carbocycles. The Hall–Kier alpha value is -0.910. The van der Waals surface area contributed by atoms with Gasteiger partial charge in [0, 0.05) is 25.2 Å². The molecule has 0 N–H and O–H groups in total. The van der Waals surface area contributed by atoms with Crippen molar-refractivity contribution in [2.75, 3.05) is 13.7 Å². The molecule has 7 atom stereocenters. The molecule has 0 spiro atoms. The Balaban J connectivity index is 1.76. The van der Waals surface area contributed by atoms with Crippen LogP contribution in [0.1, 0.15) is 52.9 Å². The first-order chi connectivity index (χ1) is 11.9. The van der Waals surface area contributed by atoms with Gasteiger partial charge >= 0.3 is 5.97 Å². The van der Waals surface area contributed by atoms with Crippen LogP contribution >= 0.6 is 0 Å². The Labute approximate surface area is 151 Å². The van der Waals surface area contributed by atoms with Crippen molar-refractivity contribution in [2.45, 2.75) is 82.9 Å². The molecule has 5 nitrogen and oxygen atoms in total. The lowest BCUT2D eigenvalue weighted by Crippen LogP contribution is -2.54. The van der Waals surface area contributed by atoms with E-state index >= 15 is 0 Å². The zero-order valence-electron chi connectivity index (χ0n) is 16.0. The minimum atomic E-state index is -0.269. The lowest BCUT2D eigenvalue weighted by Gasteiger charge is -2.45. The maximum atomic E-state index is 12.1. The van der Waals surface area contributed by atoms with Crippen molar-refractivity contribution in [3.63, 3.8) is 0 Å². The summed E-state index contributed by atoms with van der Waals surface area (Å²) in [6.45, 7) is 11.2. The fourth-order valence-electron chi connectivity index (χ4n) is 4.44. The molecule has 0 saturated carbocycles. The topological polar surface area (TPSA) is 54.0 Å². The standard InChI is InChI=1S/C20H32O5/c1-12(7-8-13(2)22-5)17-18-15(14(3)19(21)25-18)11-16(24-17)20(4)9-6-10-23-20/h12-13,15-18H,3,6-11H2,1-2,4-5H3/t12?,13-,15-,16?,17?,18+,20+/m0/s1. The van der Waals surface area contributed by atoms with Gasteiger partial charge < -0.3 is 18.9 Å². The number of ether oxygens (including phenoxy) is 4. The molecule has 3 aliphatic heterocycles. The summed E-state index contributed by atoms with van der Waals surface area (Å²) in [6.07, 6.45) is 4.61. The lowest BCUT2D eigenvalue weighted by atomic mass is 9.77. The van der Waals surface area contributed by atoms with Crippen molar-refractivity contribution in [2.24, 2.45) is 11.8 Å². The highest BCUT2D eigenvalue weighted by Crippen LogP contribution is 2.46. The zero-order valence-corrected chi connectivity index (χ0v) is 16.0. The first-order valence-corrected chi connectivity index (χ1v) is 9.57. The largest absolute Gasteiger partial charge is 0.456 e. The summed E-state index contributed by atoms with van der Waals surface area (Å²) in [5.41, 5.74) is 0.330. The number of carbonyl (C=O) groups is 1. The van der Waals surface area contributed by atoms with Crippen molar-refractivity contribution in [1.82, 2.24) is 0 Å². The van der Waals surface area contributed by atoms with Gasteiger partial charge in [-0.2, -0.15) is 0 Å². The summed E-state index contributed by atoms with van der Waals surface area (Å²) in [7, 11) is 1.74. The minimum Gasteiger partial charge on any atom is -0.456 e. The van der Waals surface area contributed by atoms with Gasteiger partial charge in [0.2, 0.25) is 0 Å². The van der Waals surface area contributed by atoms with E-state index in [9.17, 15) is 4.79 Å². The summed E-state index contributed by atoms with van der Waals surface area (Å²) in [6, 6.07) is 0. The van der Waals surface area contributed by atoms with E-state index in [2.05, 4.69) is 27.4 Å². The van der Waals surface area contributed by atoms with Crippen LogP contribution in [0.5, 0.6) is 0 Å². The fraction of sp³-hybridized carbons (Fsp3) is 0.850. The predicted octanol–water partition coefficient (Wildman–Crippen LogP) is 3.26. The highest BCUT2D eigenvalue weighted by atomic mass is 16.6. The van der Waals surface area contributed by atoms with Crippen LogP contribution in [0.4, 0.5) is 0 Å². The first kappa shape index (κ1) is 18.9. The van der Waals surface area contributed by atoms with Gasteiger partial charge in [-0.05, 0) is 51.9 Å². The number of carbonyl (C=O) groups excluding carboxylic acids is 1. The van der Waals surface area contributed by atoms with Crippen molar-refractivity contribution in [3.05, 3.63) is 12.2 Å². The van der Waals surface area contributed by atoms with Gasteiger partial charge in [-0.15, -0.1) is 0 Å². The molecule has 3 fully saturated rings. The summed E-state index contributed by atoms with van der Waals surface area (Å²) in [5.74, 6) is 0.0513. The second kappa shape index (κ2) is 7.37. The van der Waals surface area contributed by atoms with E-state index in [-0.39, 0.29) is 47.8 Å². The van der Waals surface area contributed by atoms with Crippen LogP contribution in [0.2, 0.25) is 0 Å². The lowest BCUT2D eigenvalue weighted by molar-refractivity contribution is -0.209. The average Bonchev–Trinajstić information content (AvgIpc) is 3.17. The van der Waals surface area contributed by atoms with E-state index in [0.29, 0.717) is 5.57 Å². The third-order valence-electron chi connectivity index (χ3n) is 6.38. The highest BCUT2D eigenvalue weighted by Gasteiger charge is 2.54. The number of methoxy groups -OCH3 is 1. The fourth-order valence-corrected chi connectivity index (χ4v) is 4.44. The van der Waals surface area contributed by atoms with E-state index in [4.69, 9.17) is 18.9 Å². The molecule has 25 heavy (non-hydrogen) atoms. The Morgan fingerprint density at radius 2 is 2.12 bits per heavy atom. The van der Waals surface area contributed by atoms with Crippen LogP contribution in [0, 0.1) is 11.8 Å². The Kier molecular flexibility index (Phi) is 5.57. The number of fused-ring (bicyclic) bond motifs is 1. The van der Waals surface area contributed by atoms with Crippen molar-refractivity contribution >= 4 is 5.97 Å². The molecule has 5 heteroatoms. The van der Waals surface area contributed by atoms with Gasteiger partial charge in [-0.25, -0.2) is 4.79 Å². The maximum Gasteiger partial charge on any atom is 0.334 e. The van der Waals surface area contributed by atoms with Crippen LogP contribution in [0.15, 0.2) is 12.2 Å². The number of rotatable bonds is 6. The molecule has 0 amide bonds. The number of hydrogen-bond acceptors (Lipinski definition) is 5. The van der Waals surface area contributed by atoms with Gasteiger partial charge in [0.15, 0.2) is 0 Å². The highest BCUT2D eigenvalue weighted by molar-refractivity contribution is 5.91. The second-order valence-corrected chi connectivity index (χ2v) is 8.19. The molecule has 3 rings (SSSR count). The van der Waals surface area contributed by atoms with Crippen LogP contribution < -0.4 is 0 Å². The van der Waals surface area contributed by atoms with Gasteiger partial charge in [0.1, 0.15) is 6.10 Å². The number of esters is 1. The molecular weight excluding hydrogens is 320 g/mol. The third kappa shape index (κ3) is 3.64. The molecule has 3 saturated heterocycles. The van der Waals surface area contributed by atoms with Crippen molar-refractivity contribution < 1.29 is 23.7 Å². The van der Waals surface area contributed by atoms with Crippen molar-refractivity contribution in [3.8, 4) is 0 Å². The van der Waals surface area contributed by atoms with E-state index in [0.717, 1.165) is 38.7 Å². The van der Waals surface area contributed by atoms with Crippen LogP contribution in [0.3, 0.4) is 0 Å². The third-order valence-corrected chi connectivity index (χ3v) is 6.38. The quantitative estimate of drug-likeness (QED) is 0.542. The Morgan fingerprint density at radius 3 is 2.76 bits per heavy atom. The van der Waals surface area contributed by atoms with Gasteiger partial charge in [0.25, 0.3) is 0 Å². The number of hydrogen-bond donors (Lipinski definition) is 0. The Bertz CT molecular complexity index is 510. The van der Waals surface area contributed by atoms with E-state index in [1.807, 2.05) is 0 Å². The average molecular weight is 352 g/mol. The first-order valence-electron chi connectivity index (χ1n) is 9.57. The van der Waals surface area contributed by atoms with E-state index in [1.54, 1.807) is 7.11 Å². The van der Waals surface area contributed by atoms with E-state index < -0.39 is 0 Å². The monoisotopic (exact) mass is 352 g/mol. The molecule has 0 radical (unpaired) electrons. The zero-order chi connectivity index (χ0) is 18.2. The smallest absolute Gasteiger partial charge is 0.334 e. The molecule has 0 bridgehead atoms. The molecule has 0 aromatic rings. The maximum absolute atomic E-state index is 12.1. The summed E-state index contributed by atoms with van der Waals surface area (Å²) in [5, 5.41) is 0. The SMILES string of the molecule is C=C1C(=O)O[C@H]2C(C(C)CC[C@H](C)OC)OC([C@@]3(C)CCCO3)C[C@@H]12. The molecule has 3 aliphatic rings. The van der Waals surface area contributed by atoms with Crippen LogP contribution in [-0.4, -0.2) is 49.7 Å². The second-order valence-electron chi connectivity index (χ2n) is 8.19. The summed E-state index contributed by atoms with van der Waals surface area (Å²) < 4.78 is 23.6. The molecule has 3 heterocycles. The molecule has 0 aromatic heterocycles. The molecule has 0 aliphatic carbocycles. The van der Waals surface area contributed by atoms with Crippen LogP contribution in [-0.2, 0) is 23.7 Å². The van der Waals surface area contributed by atoms with Crippen LogP contribution in [0.25, 0.3) is 0 Å². The van der Waals surface area contributed by atoms with Gasteiger partial charge in [-0.3, -0.25) is 0 Å². The molecular formula is C20H32O5. The molecule has 142 valence electrons. The molecule has 3 unspecified atom stereocenters. The van der Waals surface area contributed by atoms with E-state index in [1.165, 1.54) is 0 Å². The van der Waals surface area contributed by atoms with Gasteiger partial charge in [-0.1, -0.05) is 13.5 Å². The summed E-state index contributed by atoms with van der Waals surface area (Å²) in [4.78, 5) is 12.1. The van der Waals surface area contributed by atoms with Crippen molar-refractivity contribution in [1.29, 1.82) is 0 Å². The minimum absolute atomic E-state index is 0.0187. The normalized spacial score (nSPS) is 40.6.